The monoisotopic (exact) mass is 649 g/mol. The van der Waals surface area contributed by atoms with Crippen LogP contribution in [0.15, 0.2) is 46.1 Å². The molecule has 5 N–H and O–H groups in total. The Hall–Kier alpha value is -3.14. The third kappa shape index (κ3) is 11.8. The van der Waals surface area contributed by atoms with Crippen molar-refractivity contribution in [2.24, 2.45) is 0 Å². The Kier molecular flexibility index (Phi) is 12.4. The number of carbonyl (C=O) groups is 2. The predicted molar refractivity (Wildman–Crippen MR) is 146 cm³/mol. The van der Waals surface area contributed by atoms with Crippen molar-refractivity contribution in [2.45, 2.75) is 64.1 Å². The maximum Gasteiger partial charge on any atom is 0.481 e. The smallest absolute Gasteiger partial charge is 0.459 e. The van der Waals surface area contributed by atoms with Crippen molar-refractivity contribution < 1.29 is 56.4 Å². The molecule has 1 saturated heterocycles. The van der Waals surface area contributed by atoms with Crippen LogP contribution in [0.5, 0.6) is 0 Å². The average molecular weight is 649 g/mol. The number of unbranched alkanes of at least 4 members (excludes halogenated alkanes) is 2. The molecule has 19 heteroatoms. The van der Waals surface area contributed by atoms with Gasteiger partial charge in [-0.15, -0.1) is 0 Å². The fourth-order valence-corrected chi connectivity index (χ4v) is 5.63. The lowest BCUT2D eigenvalue weighted by Crippen LogP contribution is -2.33. The molecule has 1 fully saturated rings. The van der Waals surface area contributed by atoms with Gasteiger partial charge in [0.15, 0.2) is 0 Å². The minimum absolute atomic E-state index is 0.0231. The fourth-order valence-electron chi connectivity index (χ4n) is 4.03. The third-order valence-corrected chi connectivity index (χ3v) is 8.22. The second-order valence-electron chi connectivity index (χ2n) is 9.51. The van der Waals surface area contributed by atoms with E-state index >= 15 is 0 Å². The molecular formula is C24H33N3O14P2. The Morgan fingerprint density at radius 2 is 1.84 bits per heavy atom. The van der Waals surface area contributed by atoms with Gasteiger partial charge in [-0.25, -0.2) is 18.7 Å². The summed E-state index contributed by atoms with van der Waals surface area (Å²) < 4.78 is 48.6. The van der Waals surface area contributed by atoms with Crippen molar-refractivity contribution in [2.75, 3.05) is 13.2 Å². The highest BCUT2D eigenvalue weighted by molar-refractivity contribution is 7.60. The van der Waals surface area contributed by atoms with Crippen LogP contribution >= 0.6 is 15.6 Å². The van der Waals surface area contributed by atoms with E-state index in [1.807, 2.05) is 30.3 Å². The number of benzene rings is 1. The number of aromatic nitrogens is 2. The summed E-state index contributed by atoms with van der Waals surface area (Å²) in [5.41, 5.74) is -0.394. The first-order chi connectivity index (χ1) is 20.2. The molecule has 0 radical (unpaired) electrons. The molecule has 0 spiro atoms. The zero-order chi connectivity index (χ0) is 31.6. The number of ether oxygens (including phenoxy) is 3. The second kappa shape index (κ2) is 15.5. The lowest BCUT2D eigenvalue weighted by molar-refractivity contribution is -0.153. The predicted octanol–water partition coefficient (Wildman–Crippen LogP) is 1.76. The van der Waals surface area contributed by atoms with Crippen LogP contribution in [0.4, 0.5) is 4.79 Å². The highest BCUT2D eigenvalue weighted by Gasteiger charge is 2.42. The van der Waals surface area contributed by atoms with Crippen LogP contribution in [0.2, 0.25) is 0 Å². The molecular weight excluding hydrogens is 616 g/mol. The lowest BCUT2D eigenvalue weighted by Gasteiger charge is -2.20. The van der Waals surface area contributed by atoms with Crippen molar-refractivity contribution in [1.82, 2.24) is 14.9 Å². The van der Waals surface area contributed by atoms with E-state index < -0.39 is 64.0 Å². The molecule has 4 atom stereocenters. The van der Waals surface area contributed by atoms with Gasteiger partial charge in [0.05, 0.1) is 6.61 Å². The molecule has 1 aromatic carbocycles. The first-order valence-corrected chi connectivity index (χ1v) is 16.1. The first-order valence-electron chi connectivity index (χ1n) is 13.1. The van der Waals surface area contributed by atoms with E-state index in [-0.39, 0.29) is 25.0 Å². The Morgan fingerprint density at radius 3 is 2.53 bits per heavy atom. The topological polar surface area (TPSA) is 242 Å². The van der Waals surface area contributed by atoms with Crippen molar-refractivity contribution >= 4 is 27.7 Å². The Bertz CT molecular complexity index is 1460. The number of amides is 1. The van der Waals surface area contributed by atoms with Gasteiger partial charge in [-0.2, -0.15) is 4.31 Å². The summed E-state index contributed by atoms with van der Waals surface area (Å²) in [6.07, 6.45) is -1.40. The Morgan fingerprint density at radius 1 is 1.12 bits per heavy atom. The van der Waals surface area contributed by atoms with E-state index in [2.05, 4.69) is 19.1 Å². The number of alkyl carbamates (subject to hydrolysis) is 1. The molecule has 0 aliphatic carbocycles. The van der Waals surface area contributed by atoms with Gasteiger partial charge in [-0.3, -0.25) is 23.7 Å². The molecule has 43 heavy (non-hydrogen) atoms. The molecule has 1 unspecified atom stereocenters. The SMILES string of the molecule is Cc1cn([C@H]2C[C@H](OC(=O)CCCCCNC(=O)OCc3ccccc3)[C@@H](COP(=O)(O)OP(=O)(O)O)O2)c(=O)[nH]c1=O. The zero-order valence-electron chi connectivity index (χ0n) is 23.0. The minimum Gasteiger partial charge on any atom is -0.459 e. The maximum absolute atomic E-state index is 12.5. The molecule has 2 heterocycles. The van der Waals surface area contributed by atoms with Gasteiger partial charge in [0.1, 0.15) is 25.0 Å². The van der Waals surface area contributed by atoms with Crippen LogP contribution in [-0.2, 0) is 43.6 Å². The number of hydrogen-bond acceptors (Lipinski definition) is 11. The van der Waals surface area contributed by atoms with Crippen LogP contribution < -0.4 is 16.6 Å². The molecule has 17 nitrogen and oxygen atoms in total. The number of hydrogen-bond donors (Lipinski definition) is 5. The lowest BCUT2D eigenvalue weighted by atomic mass is 10.1. The van der Waals surface area contributed by atoms with Gasteiger partial charge >= 0.3 is 33.4 Å². The van der Waals surface area contributed by atoms with Crippen LogP contribution in [0.1, 0.15) is 49.5 Å². The first kappa shape index (κ1) is 34.4. The standard InChI is InChI=1S/C24H33N3O14P2/c1-16-13-27(23(30)26-22(16)29)20-12-18(19(39-20)15-38-43(35,36)41-42(32,33)34)40-21(28)10-6-3-7-11-25-24(31)37-14-17-8-4-2-5-9-17/h2,4-5,8-9,13,18-20H,3,6-7,10-12,14-15H2,1H3,(H,25,31)(H,35,36)(H,26,29,30)(H2,32,33,34)/t18-,19+,20+/m0/s1. The number of phosphoric ester groups is 1. The van der Waals surface area contributed by atoms with Crippen molar-refractivity contribution in [3.63, 3.8) is 0 Å². The number of aromatic amines is 1. The largest absolute Gasteiger partial charge is 0.481 e. The summed E-state index contributed by atoms with van der Waals surface area (Å²) >= 11 is 0. The quantitative estimate of drug-likeness (QED) is 0.105. The van der Waals surface area contributed by atoms with Gasteiger partial charge in [0.25, 0.3) is 5.56 Å². The molecule has 2 aromatic rings. The molecule has 0 saturated carbocycles. The zero-order valence-corrected chi connectivity index (χ0v) is 24.8. The summed E-state index contributed by atoms with van der Waals surface area (Å²) in [5, 5.41) is 2.62. The third-order valence-electron chi connectivity index (χ3n) is 6.07. The highest BCUT2D eigenvalue weighted by atomic mass is 31.3. The highest BCUT2D eigenvalue weighted by Crippen LogP contribution is 2.57. The summed E-state index contributed by atoms with van der Waals surface area (Å²) in [5.74, 6) is -0.655. The number of nitrogens with one attached hydrogen (secondary N) is 2. The van der Waals surface area contributed by atoms with Crippen molar-refractivity contribution in [3.05, 3.63) is 68.5 Å². The molecule has 1 amide bonds. The van der Waals surface area contributed by atoms with Crippen LogP contribution in [0.3, 0.4) is 0 Å². The van der Waals surface area contributed by atoms with Gasteiger partial charge < -0.3 is 34.2 Å². The maximum atomic E-state index is 12.5. The van der Waals surface area contributed by atoms with Gasteiger partial charge in [0, 0.05) is 31.1 Å². The van der Waals surface area contributed by atoms with E-state index in [0.29, 0.717) is 25.8 Å². The van der Waals surface area contributed by atoms with E-state index in [1.165, 1.54) is 13.1 Å². The van der Waals surface area contributed by atoms with Crippen LogP contribution in [0.25, 0.3) is 0 Å². The van der Waals surface area contributed by atoms with E-state index in [0.717, 1.165) is 10.1 Å². The molecule has 238 valence electrons. The number of carbonyl (C=O) groups excluding carboxylic acids is 2. The van der Waals surface area contributed by atoms with Crippen molar-refractivity contribution in [3.8, 4) is 0 Å². The number of phosphoric acid groups is 2. The van der Waals surface area contributed by atoms with E-state index in [9.17, 15) is 33.2 Å². The summed E-state index contributed by atoms with van der Waals surface area (Å²) in [6.45, 7) is 1.11. The Balaban J connectivity index is 1.49. The van der Waals surface area contributed by atoms with Gasteiger partial charge in [-0.05, 0) is 25.3 Å². The van der Waals surface area contributed by atoms with Crippen molar-refractivity contribution in [1.29, 1.82) is 0 Å². The van der Waals surface area contributed by atoms with Crippen LogP contribution in [-0.4, -0.2) is 61.7 Å². The molecule has 1 aliphatic rings. The van der Waals surface area contributed by atoms with E-state index in [1.54, 1.807) is 0 Å². The molecule has 0 bridgehead atoms. The second-order valence-corrected chi connectivity index (χ2v) is 12.3. The number of nitrogens with zero attached hydrogens (tertiary/aromatic N) is 1. The summed E-state index contributed by atoms with van der Waals surface area (Å²) in [6, 6.07) is 9.18. The van der Waals surface area contributed by atoms with E-state index in [4.69, 9.17) is 24.0 Å². The summed E-state index contributed by atoms with van der Waals surface area (Å²) in [7, 11) is -10.6. The molecule has 1 aromatic heterocycles. The number of aryl methyl sites for hydroxylation is 1. The normalized spacial score (nSPS) is 19.9. The minimum atomic E-state index is -5.38. The number of esters is 1. The van der Waals surface area contributed by atoms with Gasteiger partial charge in [0.2, 0.25) is 0 Å². The fraction of sp³-hybridized carbons (Fsp3) is 0.500. The Labute approximate surface area is 244 Å². The number of H-pyrrole nitrogens is 1. The molecule has 3 rings (SSSR count). The molecule has 1 aliphatic heterocycles. The summed E-state index contributed by atoms with van der Waals surface area (Å²) in [4.78, 5) is 77.7. The van der Waals surface area contributed by atoms with Gasteiger partial charge in [-0.1, -0.05) is 36.8 Å². The number of rotatable bonds is 15. The van der Waals surface area contributed by atoms with Crippen LogP contribution in [0, 0.1) is 6.92 Å². The average Bonchev–Trinajstić information content (AvgIpc) is 3.31.